The number of alkyl carbamates (subject to hydrolysis) is 1. The lowest BCUT2D eigenvalue weighted by Gasteiger charge is -2.17. The van der Waals surface area contributed by atoms with Crippen LogP contribution >= 0.6 is 0 Å². The van der Waals surface area contributed by atoms with Crippen LogP contribution in [0.3, 0.4) is 0 Å². The molecule has 4 rings (SSSR count). The summed E-state index contributed by atoms with van der Waals surface area (Å²) in [6.07, 6.45) is 2.30. The molecule has 7 nitrogen and oxygen atoms in total. The number of hydrogen-bond donors (Lipinski definition) is 2. The molecule has 1 amide bonds. The van der Waals surface area contributed by atoms with Gasteiger partial charge in [-0.3, -0.25) is 4.79 Å². The zero-order valence-electron chi connectivity index (χ0n) is 15.9. The number of imidazole rings is 1. The van der Waals surface area contributed by atoms with Crippen molar-refractivity contribution in [2.45, 2.75) is 18.4 Å². The molecule has 0 bridgehead atoms. The number of rotatable bonds is 6. The summed E-state index contributed by atoms with van der Waals surface area (Å²) in [6.45, 7) is 0.169. The monoisotopic (exact) mass is 391 g/mol. The fourth-order valence-corrected chi connectivity index (χ4v) is 3.80. The van der Waals surface area contributed by atoms with E-state index in [0.717, 1.165) is 22.3 Å². The highest BCUT2D eigenvalue weighted by molar-refractivity contribution is 5.79. The van der Waals surface area contributed by atoms with Gasteiger partial charge in [0.15, 0.2) is 0 Å². The van der Waals surface area contributed by atoms with Crippen molar-refractivity contribution in [2.75, 3.05) is 6.61 Å². The number of aliphatic carboxylic acids is 1. The molecule has 2 aromatic carbocycles. The number of carbonyl (C=O) groups excluding carboxylic acids is 1. The van der Waals surface area contributed by atoms with Gasteiger partial charge >= 0.3 is 12.1 Å². The smallest absolute Gasteiger partial charge is 0.407 e. The standard InChI is InChI=1S/C22H21N3O4/c1-25-11-20(23-13-25)19(10-21(26)27)24-22(28)29-12-18-16-8-4-2-6-14(16)15-7-3-5-9-17(15)18/h2-9,11,13,18-19H,10,12H2,1H3,(H,24,28)(H,26,27)/t19-/m0/s1. The first kappa shape index (κ1) is 18.7. The molecule has 1 atom stereocenters. The number of fused-ring (bicyclic) bond motifs is 3. The Kier molecular flexibility index (Phi) is 5.03. The topological polar surface area (TPSA) is 93.5 Å². The first-order chi connectivity index (χ1) is 14.0. The summed E-state index contributed by atoms with van der Waals surface area (Å²) in [5, 5.41) is 11.8. The lowest BCUT2D eigenvalue weighted by Crippen LogP contribution is -2.32. The van der Waals surface area contributed by atoms with Crippen LogP contribution in [0.4, 0.5) is 4.79 Å². The van der Waals surface area contributed by atoms with Crippen molar-refractivity contribution in [3.05, 3.63) is 77.9 Å². The summed E-state index contributed by atoms with van der Waals surface area (Å²) in [5.41, 5.74) is 5.01. The van der Waals surface area contributed by atoms with Crippen molar-refractivity contribution in [1.82, 2.24) is 14.9 Å². The lowest BCUT2D eigenvalue weighted by atomic mass is 9.98. The minimum atomic E-state index is -1.03. The van der Waals surface area contributed by atoms with Crippen LogP contribution < -0.4 is 5.32 Å². The predicted octanol–water partition coefficient (Wildman–Crippen LogP) is 3.47. The van der Waals surface area contributed by atoms with E-state index in [1.54, 1.807) is 24.1 Å². The van der Waals surface area contributed by atoms with E-state index < -0.39 is 18.1 Å². The highest BCUT2D eigenvalue weighted by Gasteiger charge is 2.29. The van der Waals surface area contributed by atoms with E-state index in [1.807, 2.05) is 36.4 Å². The third-order valence-corrected chi connectivity index (χ3v) is 5.10. The van der Waals surface area contributed by atoms with Crippen LogP contribution in [0, 0.1) is 0 Å². The molecule has 0 fully saturated rings. The van der Waals surface area contributed by atoms with Crippen molar-refractivity contribution in [1.29, 1.82) is 0 Å². The minimum Gasteiger partial charge on any atom is -0.481 e. The van der Waals surface area contributed by atoms with Crippen LogP contribution in [0.15, 0.2) is 61.1 Å². The van der Waals surface area contributed by atoms with Crippen LogP contribution in [0.5, 0.6) is 0 Å². The predicted molar refractivity (Wildman–Crippen MR) is 106 cm³/mol. The molecule has 148 valence electrons. The van der Waals surface area contributed by atoms with E-state index in [4.69, 9.17) is 9.84 Å². The molecule has 3 aromatic rings. The molecule has 0 aliphatic heterocycles. The average molecular weight is 391 g/mol. The van der Waals surface area contributed by atoms with Crippen LogP contribution in [0.25, 0.3) is 11.1 Å². The van der Waals surface area contributed by atoms with Gasteiger partial charge in [-0.15, -0.1) is 0 Å². The minimum absolute atomic E-state index is 0.0547. The van der Waals surface area contributed by atoms with Gasteiger partial charge in [0, 0.05) is 19.2 Å². The molecule has 0 saturated carbocycles. The molecule has 0 radical (unpaired) electrons. The highest BCUT2D eigenvalue weighted by atomic mass is 16.5. The van der Waals surface area contributed by atoms with Gasteiger partial charge in [-0.25, -0.2) is 9.78 Å². The second-order valence-corrected chi connectivity index (χ2v) is 7.08. The van der Waals surface area contributed by atoms with E-state index in [-0.39, 0.29) is 18.9 Å². The van der Waals surface area contributed by atoms with E-state index in [9.17, 15) is 9.59 Å². The van der Waals surface area contributed by atoms with Gasteiger partial charge in [0.05, 0.1) is 24.5 Å². The number of carboxylic acids is 1. The number of nitrogens with zero attached hydrogens (tertiary/aromatic N) is 2. The Hall–Kier alpha value is -3.61. The Morgan fingerprint density at radius 2 is 1.76 bits per heavy atom. The number of carbonyl (C=O) groups is 2. The molecule has 1 aliphatic carbocycles. The second-order valence-electron chi connectivity index (χ2n) is 7.08. The quantitative estimate of drug-likeness (QED) is 0.671. The first-order valence-corrected chi connectivity index (χ1v) is 9.34. The molecule has 0 spiro atoms. The number of aromatic nitrogens is 2. The molecule has 0 saturated heterocycles. The van der Waals surface area contributed by atoms with Gasteiger partial charge < -0.3 is 19.7 Å². The van der Waals surface area contributed by atoms with Crippen molar-refractivity contribution in [3.8, 4) is 11.1 Å². The lowest BCUT2D eigenvalue weighted by molar-refractivity contribution is -0.137. The van der Waals surface area contributed by atoms with Crippen LogP contribution in [0.1, 0.15) is 35.2 Å². The van der Waals surface area contributed by atoms with Crippen molar-refractivity contribution in [3.63, 3.8) is 0 Å². The number of hydrogen-bond acceptors (Lipinski definition) is 4. The number of ether oxygens (including phenoxy) is 1. The molecular formula is C22H21N3O4. The number of amides is 1. The summed E-state index contributed by atoms with van der Waals surface area (Å²) in [5.74, 6) is -1.08. The Bertz CT molecular complexity index is 1010. The summed E-state index contributed by atoms with van der Waals surface area (Å²) in [4.78, 5) is 27.8. The zero-order valence-corrected chi connectivity index (χ0v) is 15.9. The molecule has 29 heavy (non-hydrogen) atoms. The Labute approximate surface area is 168 Å². The van der Waals surface area contributed by atoms with Crippen LogP contribution in [-0.2, 0) is 16.6 Å². The maximum absolute atomic E-state index is 12.4. The fraction of sp³-hybridized carbons (Fsp3) is 0.227. The number of carboxylic acid groups (broad SMARTS) is 1. The number of aryl methyl sites for hydroxylation is 1. The summed E-state index contributed by atoms with van der Waals surface area (Å²) in [7, 11) is 1.78. The van der Waals surface area contributed by atoms with Crippen LogP contribution in [0.2, 0.25) is 0 Å². The molecule has 1 aliphatic rings. The molecule has 0 unspecified atom stereocenters. The second kappa shape index (κ2) is 7.79. The summed E-state index contributed by atoms with van der Waals surface area (Å²) < 4.78 is 7.20. The highest BCUT2D eigenvalue weighted by Crippen LogP contribution is 2.44. The largest absolute Gasteiger partial charge is 0.481 e. The Morgan fingerprint density at radius 1 is 1.14 bits per heavy atom. The van der Waals surface area contributed by atoms with Gasteiger partial charge in [0.2, 0.25) is 0 Å². The summed E-state index contributed by atoms with van der Waals surface area (Å²) >= 11 is 0. The summed E-state index contributed by atoms with van der Waals surface area (Å²) in [6, 6.07) is 15.4. The third kappa shape index (κ3) is 3.85. The molecular weight excluding hydrogens is 370 g/mol. The van der Waals surface area contributed by atoms with Crippen molar-refractivity contribution >= 4 is 12.1 Å². The first-order valence-electron chi connectivity index (χ1n) is 9.34. The Balaban J connectivity index is 1.47. The van der Waals surface area contributed by atoms with Gasteiger partial charge in [-0.05, 0) is 22.3 Å². The molecule has 1 aromatic heterocycles. The molecule has 7 heteroatoms. The van der Waals surface area contributed by atoms with Gasteiger partial charge in [-0.1, -0.05) is 48.5 Å². The van der Waals surface area contributed by atoms with Gasteiger partial charge in [0.25, 0.3) is 0 Å². The normalized spacial score (nSPS) is 13.4. The van der Waals surface area contributed by atoms with E-state index >= 15 is 0 Å². The van der Waals surface area contributed by atoms with E-state index in [1.165, 1.54) is 0 Å². The van der Waals surface area contributed by atoms with Crippen molar-refractivity contribution in [2.24, 2.45) is 7.05 Å². The molecule has 2 N–H and O–H groups in total. The Morgan fingerprint density at radius 3 is 2.31 bits per heavy atom. The number of benzene rings is 2. The number of nitrogens with one attached hydrogen (secondary N) is 1. The SMILES string of the molecule is Cn1cnc([C@H](CC(=O)O)NC(=O)OCC2c3ccccc3-c3ccccc32)c1. The fourth-order valence-electron chi connectivity index (χ4n) is 3.80. The zero-order chi connectivity index (χ0) is 20.4. The van der Waals surface area contributed by atoms with Gasteiger partial charge in [0.1, 0.15) is 6.61 Å². The maximum atomic E-state index is 12.4. The van der Waals surface area contributed by atoms with E-state index in [2.05, 4.69) is 22.4 Å². The van der Waals surface area contributed by atoms with Crippen molar-refractivity contribution < 1.29 is 19.4 Å². The molecule has 1 heterocycles. The van der Waals surface area contributed by atoms with E-state index in [0.29, 0.717) is 5.69 Å². The van der Waals surface area contributed by atoms with Gasteiger partial charge in [-0.2, -0.15) is 0 Å². The van der Waals surface area contributed by atoms with Crippen LogP contribution in [-0.4, -0.2) is 33.3 Å². The average Bonchev–Trinajstić information content (AvgIpc) is 3.27. The maximum Gasteiger partial charge on any atom is 0.407 e. The third-order valence-electron chi connectivity index (χ3n) is 5.10.